The maximum absolute atomic E-state index is 11.9. The molecule has 0 saturated heterocycles. The van der Waals surface area contributed by atoms with Gasteiger partial charge in [0.2, 0.25) is 0 Å². The van der Waals surface area contributed by atoms with Gasteiger partial charge in [0.25, 0.3) is 5.56 Å². The molecular weight excluding hydrogens is 364 g/mol. The van der Waals surface area contributed by atoms with Crippen molar-refractivity contribution in [3.8, 4) is 0 Å². The fraction of sp³-hybridized carbons (Fsp3) is 0.188. The molecule has 0 bridgehead atoms. The fourth-order valence-electron chi connectivity index (χ4n) is 2.10. The van der Waals surface area contributed by atoms with Crippen LogP contribution in [0.5, 0.6) is 0 Å². The summed E-state index contributed by atoms with van der Waals surface area (Å²) in [4.78, 5) is 21.4. The van der Waals surface area contributed by atoms with Crippen molar-refractivity contribution in [1.82, 2.24) is 9.38 Å². The summed E-state index contributed by atoms with van der Waals surface area (Å²) in [7, 11) is 0. The number of aliphatic imine (C=N–C) groups is 1. The van der Waals surface area contributed by atoms with E-state index in [0.717, 1.165) is 12.1 Å². The number of nitrogens with zero attached hydrogens (tertiary/aromatic N) is 3. The van der Waals surface area contributed by atoms with Crippen molar-refractivity contribution < 1.29 is 0 Å². The predicted molar refractivity (Wildman–Crippen MR) is 105 cm³/mol. The molecule has 0 spiro atoms. The zero-order valence-corrected chi connectivity index (χ0v) is 15.2. The third-order valence-electron chi connectivity index (χ3n) is 3.24. The summed E-state index contributed by atoms with van der Waals surface area (Å²) in [5, 5.41) is 2.37. The van der Waals surface area contributed by atoms with E-state index in [9.17, 15) is 4.79 Å². The number of aromatic nitrogens is 2. The number of nitrogens with two attached hydrogens (primary N) is 1. The number of halogens is 1. The average molecular weight is 381 g/mol. The smallest absolute Gasteiger partial charge is 0.258 e. The molecule has 3 rings (SSSR count). The highest BCUT2D eigenvalue weighted by atomic mass is 35.5. The lowest BCUT2D eigenvalue weighted by molar-refractivity contribution is 0.970. The van der Waals surface area contributed by atoms with Crippen molar-refractivity contribution in [2.24, 2.45) is 10.7 Å². The van der Waals surface area contributed by atoms with E-state index in [1.165, 1.54) is 33.1 Å². The van der Waals surface area contributed by atoms with Gasteiger partial charge >= 0.3 is 0 Å². The van der Waals surface area contributed by atoms with Crippen molar-refractivity contribution in [3.05, 3.63) is 69.6 Å². The second-order valence-electron chi connectivity index (χ2n) is 4.89. The third kappa shape index (κ3) is 4.83. The van der Waals surface area contributed by atoms with Crippen LogP contribution in [0.4, 0.5) is 0 Å². The molecule has 0 radical (unpaired) electrons. The van der Waals surface area contributed by atoms with Gasteiger partial charge in [0.05, 0.1) is 5.69 Å². The van der Waals surface area contributed by atoms with E-state index < -0.39 is 0 Å². The highest BCUT2D eigenvalue weighted by Gasteiger charge is 2.04. The summed E-state index contributed by atoms with van der Waals surface area (Å²) in [6.45, 7) is 0.656. The summed E-state index contributed by atoms with van der Waals surface area (Å²) in [6.07, 6.45) is 2.59. The molecule has 5 nitrogen and oxygen atoms in total. The Labute approximate surface area is 154 Å². The van der Waals surface area contributed by atoms with Gasteiger partial charge in [-0.05, 0) is 12.0 Å². The lowest BCUT2D eigenvalue weighted by Crippen LogP contribution is -2.14. The van der Waals surface area contributed by atoms with Crippen LogP contribution in [-0.4, -0.2) is 21.1 Å². The minimum absolute atomic E-state index is 0. The Kier molecular flexibility index (Phi) is 6.84. The van der Waals surface area contributed by atoms with E-state index in [0.29, 0.717) is 22.4 Å². The topological polar surface area (TPSA) is 72.8 Å². The van der Waals surface area contributed by atoms with Crippen LogP contribution >= 0.6 is 35.5 Å². The first kappa shape index (κ1) is 18.5. The number of benzene rings is 1. The Morgan fingerprint density at radius 1 is 1.33 bits per heavy atom. The molecule has 24 heavy (non-hydrogen) atoms. The van der Waals surface area contributed by atoms with Gasteiger partial charge in [-0.3, -0.25) is 14.2 Å². The van der Waals surface area contributed by atoms with Crippen LogP contribution in [0.25, 0.3) is 4.96 Å². The number of thiazole rings is 1. The first-order valence-corrected chi connectivity index (χ1v) is 9.01. The molecule has 0 amide bonds. The van der Waals surface area contributed by atoms with E-state index in [1.54, 1.807) is 12.3 Å². The summed E-state index contributed by atoms with van der Waals surface area (Å²) in [5.74, 6) is 0.546. The zero-order valence-electron chi connectivity index (χ0n) is 12.8. The zero-order chi connectivity index (χ0) is 16.1. The SMILES string of the molecule is Cl.NC(=NCCc1ccccc1)SCc1cc(=O)n2ccsc2n1. The van der Waals surface area contributed by atoms with Gasteiger partial charge in [0, 0.05) is 29.9 Å². The van der Waals surface area contributed by atoms with Crippen molar-refractivity contribution in [2.75, 3.05) is 6.54 Å². The maximum Gasteiger partial charge on any atom is 0.258 e. The second-order valence-corrected chi connectivity index (χ2v) is 6.75. The molecule has 3 aromatic rings. The highest BCUT2D eigenvalue weighted by molar-refractivity contribution is 8.13. The van der Waals surface area contributed by atoms with Crippen LogP contribution in [0.2, 0.25) is 0 Å². The Balaban J connectivity index is 0.00000208. The normalized spacial score (nSPS) is 11.4. The minimum atomic E-state index is -0.0635. The van der Waals surface area contributed by atoms with E-state index in [-0.39, 0.29) is 18.0 Å². The van der Waals surface area contributed by atoms with Gasteiger partial charge in [-0.2, -0.15) is 0 Å². The van der Waals surface area contributed by atoms with Gasteiger partial charge in [-0.1, -0.05) is 42.1 Å². The van der Waals surface area contributed by atoms with Crippen LogP contribution in [-0.2, 0) is 12.2 Å². The third-order valence-corrected chi connectivity index (χ3v) is 4.86. The highest BCUT2D eigenvalue weighted by Crippen LogP contribution is 2.12. The molecule has 0 atom stereocenters. The molecule has 8 heteroatoms. The lowest BCUT2D eigenvalue weighted by atomic mass is 10.2. The number of thioether (sulfide) groups is 1. The van der Waals surface area contributed by atoms with Crippen LogP contribution in [0.3, 0.4) is 0 Å². The molecule has 0 unspecified atom stereocenters. The van der Waals surface area contributed by atoms with Crippen molar-refractivity contribution in [1.29, 1.82) is 0 Å². The van der Waals surface area contributed by atoms with E-state index in [1.807, 2.05) is 23.6 Å². The van der Waals surface area contributed by atoms with Gasteiger partial charge < -0.3 is 5.73 Å². The molecule has 2 N–H and O–H groups in total. The van der Waals surface area contributed by atoms with E-state index >= 15 is 0 Å². The van der Waals surface area contributed by atoms with Crippen LogP contribution < -0.4 is 11.3 Å². The number of hydrogen-bond donors (Lipinski definition) is 1. The second kappa shape index (κ2) is 8.86. The van der Waals surface area contributed by atoms with Crippen LogP contribution in [0, 0.1) is 0 Å². The Morgan fingerprint density at radius 2 is 2.12 bits per heavy atom. The first-order chi connectivity index (χ1) is 11.2. The summed E-state index contributed by atoms with van der Waals surface area (Å²) >= 11 is 2.85. The molecule has 0 aliphatic heterocycles. The molecule has 126 valence electrons. The molecule has 1 aromatic carbocycles. The average Bonchev–Trinajstić information content (AvgIpc) is 3.03. The van der Waals surface area contributed by atoms with Gasteiger partial charge in [0.15, 0.2) is 10.1 Å². The Morgan fingerprint density at radius 3 is 2.92 bits per heavy atom. The predicted octanol–water partition coefficient (Wildman–Crippen LogP) is 2.97. The number of rotatable bonds is 5. The molecular formula is C16H17ClN4OS2. The number of hydrogen-bond acceptors (Lipinski definition) is 5. The van der Waals surface area contributed by atoms with Gasteiger partial charge in [-0.25, -0.2) is 4.98 Å². The molecule has 0 saturated carbocycles. The molecule has 0 aliphatic rings. The summed E-state index contributed by atoms with van der Waals surface area (Å²) in [6, 6.07) is 11.7. The summed E-state index contributed by atoms with van der Waals surface area (Å²) in [5.41, 5.74) is 7.83. The van der Waals surface area contributed by atoms with Crippen LogP contribution in [0.15, 0.2) is 57.8 Å². The quantitative estimate of drug-likeness (QED) is 0.545. The number of fused-ring (bicyclic) bond motifs is 1. The summed E-state index contributed by atoms with van der Waals surface area (Å²) < 4.78 is 1.54. The van der Waals surface area contributed by atoms with Crippen molar-refractivity contribution >= 4 is 45.6 Å². The number of amidine groups is 1. The van der Waals surface area contributed by atoms with Gasteiger partial charge in [0.1, 0.15) is 0 Å². The fourth-order valence-corrected chi connectivity index (χ4v) is 3.46. The molecule has 2 heterocycles. The first-order valence-electron chi connectivity index (χ1n) is 7.15. The van der Waals surface area contributed by atoms with Crippen LogP contribution in [0.1, 0.15) is 11.3 Å². The molecule has 2 aromatic heterocycles. The van der Waals surface area contributed by atoms with Gasteiger partial charge in [-0.15, -0.1) is 23.7 Å². The van der Waals surface area contributed by atoms with E-state index in [4.69, 9.17) is 5.73 Å². The maximum atomic E-state index is 11.9. The monoisotopic (exact) mass is 380 g/mol. The van der Waals surface area contributed by atoms with E-state index in [2.05, 4.69) is 22.1 Å². The minimum Gasteiger partial charge on any atom is -0.379 e. The van der Waals surface area contributed by atoms with Crippen molar-refractivity contribution in [2.45, 2.75) is 12.2 Å². The standard InChI is InChI=1S/C16H16N4OS2.ClH/c17-15(18-7-6-12-4-2-1-3-5-12)23-11-13-10-14(21)20-8-9-22-16(20)19-13;/h1-5,8-10H,6-7,11H2,(H2,17,18);1H. The largest absolute Gasteiger partial charge is 0.379 e. The molecule has 0 fully saturated rings. The van der Waals surface area contributed by atoms with Crippen molar-refractivity contribution in [3.63, 3.8) is 0 Å². The Bertz CT molecular complexity index is 876. The lowest BCUT2D eigenvalue weighted by Gasteiger charge is -2.02. The molecule has 0 aliphatic carbocycles. The Hall–Kier alpha value is -1.83.